The highest BCUT2D eigenvalue weighted by atomic mass is 19.4. The smallest absolute Gasteiger partial charge is 0.471 e. The lowest BCUT2D eigenvalue weighted by molar-refractivity contribution is -0.173. The minimum Gasteiger partial charge on any atom is -0.508 e. The molecular weight excluding hydrogens is 261 g/mol. The molecule has 3 N–H and O–H groups in total. The summed E-state index contributed by atoms with van der Waals surface area (Å²) >= 11 is 0. The first-order valence-electron chi connectivity index (χ1n) is 5.52. The molecule has 0 aliphatic carbocycles. The van der Waals surface area contributed by atoms with Gasteiger partial charge in [0.25, 0.3) is 0 Å². The number of benzene rings is 1. The molecule has 0 saturated carbocycles. The van der Waals surface area contributed by atoms with Crippen LogP contribution in [0.2, 0.25) is 0 Å². The summed E-state index contributed by atoms with van der Waals surface area (Å²) in [5.41, 5.74) is 1.47. The van der Waals surface area contributed by atoms with Crippen molar-refractivity contribution in [2.75, 3.05) is 6.54 Å². The predicted octanol–water partition coefficient (Wildman–Crippen LogP) is 2.09. The number of hydrogen-bond acceptors (Lipinski definition) is 2. The van der Waals surface area contributed by atoms with Gasteiger partial charge in [0.15, 0.2) is 0 Å². The Bertz CT molecular complexity index is 605. The van der Waals surface area contributed by atoms with Gasteiger partial charge in [-0.2, -0.15) is 13.2 Å². The molecule has 4 nitrogen and oxygen atoms in total. The molecule has 2 aromatic rings. The molecule has 0 radical (unpaired) electrons. The molecule has 0 bridgehead atoms. The zero-order chi connectivity index (χ0) is 14.0. The van der Waals surface area contributed by atoms with Crippen molar-refractivity contribution in [2.45, 2.75) is 12.6 Å². The van der Waals surface area contributed by atoms with Crippen molar-refractivity contribution in [3.63, 3.8) is 0 Å². The van der Waals surface area contributed by atoms with E-state index in [9.17, 15) is 23.1 Å². The Morgan fingerprint density at radius 1 is 1.37 bits per heavy atom. The van der Waals surface area contributed by atoms with E-state index in [4.69, 9.17) is 0 Å². The molecule has 0 spiro atoms. The van der Waals surface area contributed by atoms with Crippen molar-refractivity contribution in [3.8, 4) is 5.75 Å². The topological polar surface area (TPSA) is 65.1 Å². The van der Waals surface area contributed by atoms with Gasteiger partial charge in [0, 0.05) is 29.7 Å². The Balaban J connectivity index is 2.01. The Kier molecular flexibility index (Phi) is 3.37. The monoisotopic (exact) mass is 272 g/mol. The Labute approximate surface area is 106 Å². The Hall–Kier alpha value is -2.18. The summed E-state index contributed by atoms with van der Waals surface area (Å²) in [4.78, 5) is 13.5. The number of amides is 1. The van der Waals surface area contributed by atoms with Crippen LogP contribution in [0.1, 0.15) is 5.56 Å². The molecule has 19 heavy (non-hydrogen) atoms. The number of phenolic OH excluding ortho intramolecular Hbond substituents is 1. The summed E-state index contributed by atoms with van der Waals surface area (Å²) < 4.78 is 35.9. The van der Waals surface area contributed by atoms with Gasteiger partial charge in [-0.15, -0.1) is 0 Å². The number of aromatic amines is 1. The lowest BCUT2D eigenvalue weighted by Crippen LogP contribution is -2.37. The number of fused-ring (bicyclic) bond motifs is 1. The fourth-order valence-electron chi connectivity index (χ4n) is 1.79. The van der Waals surface area contributed by atoms with Gasteiger partial charge in [0.2, 0.25) is 0 Å². The first kappa shape index (κ1) is 13.3. The number of aromatic hydroxyl groups is 1. The quantitative estimate of drug-likeness (QED) is 0.801. The van der Waals surface area contributed by atoms with E-state index in [0.717, 1.165) is 10.9 Å². The number of H-pyrrole nitrogens is 1. The molecule has 1 heterocycles. The first-order valence-corrected chi connectivity index (χ1v) is 5.52. The molecule has 0 aliphatic heterocycles. The predicted molar refractivity (Wildman–Crippen MR) is 62.7 cm³/mol. The van der Waals surface area contributed by atoms with Crippen LogP contribution in [0.3, 0.4) is 0 Å². The lowest BCUT2D eigenvalue weighted by Gasteiger charge is -2.07. The number of aromatic nitrogens is 1. The normalized spacial score (nSPS) is 11.7. The van der Waals surface area contributed by atoms with E-state index in [-0.39, 0.29) is 18.7 Å². The van der Waals surface area contributed by atoms with E-state index < -0.39 is 12.1 Å². The Morgan fingerprint density at radius 3 is 2.79 bits per heavy atom. The molecule has 0 fully saturated rings. The van der Waals surface area contributed by atoms with Crippen molar-refractivity contribution < 1.29 is 23.1 Å². The first-order chi connectivity index (χ1) is 8.88. The summed E-state index contributed by atoms with van der Waals surface area (Å²) in [6.45, 7) is -0.105. The van der Waals surface area contributed by atoms with Crippen LogP contribution < -0.4 is 5.32 Å². The highest BCUT2D eigenvalue weighted by Crippen LogP contribution is 2.22. The van der Waals surface area contributed by atoms with Crippen molar-refractivity contribution in [1.29, 1.82) is 0 Å². The molecule has 0 saturated heterocycles. The highest BCUT2D eigenvalue weighted by molar-refractivity contribution is 5.84. The number of rotatable bonds is 3. The third-order valence-electron chi connectivity index (χ3n) is 2.69. The number of carbonyl (C=O) groups excluding carboxylic acids is 1. The van der Waals surface area contributed by atoms with E-state index in [0.29, 0.717) is 5.52 Å². The molecule has 102 valence electrons. The third kappa shape index (κ3) is 2.98. The molecule has 1 aromatic heterocycles. The van der Waals surface area contributed by atoms with Crippen molar-refractivity contribution >= 4 is 16.8 Å². The van der Waals surface area contributed by atoms with E-state index in [2.05, 4.69) is 4.98 Å². The van der Waals surface area contributed by atoms with Crippen LogP contribution >= 0.6 is 0 Å². The maximum absolute atomic E-state index is 12.0. The second-order valence-corrected chi connectivity index (χ2v) is 4.05. The fourth-order valence-corrected chi connectivity index (χ4v) is 1.79. The molecular formula is C12H11F3N2O2. The number of hydrogen-bond donors (Lipinski definition) is 3. The highest BCUT2D eigenvalue weighted by Gasteiger charge is 2.38. The summed E-state index contributed by atoms with van der Waals surface area (Å²) in [6.07, 6.45) is -2.94. The van der Waals surface area contributed by atoms with Gasteiger partial charge in [-0.25, -0.2) is 0 Å². The van der Waals surface area contributed by atoms with Gasteiger partial charge < -0.3 is 15.4 Å². The maximum Gasteiger partial charge on any atom is 0.471 e. The number of alkyl halides is 3. The van der Waals surface area contributed by atoms with Crippen LogP contribution in [0, 0.1) is 0 Å². The zero-order valence-corrected chi connectivity index (χ0v) is 9.71. The van der Waals surface area contributed by atoms with Crippen molar-refractivity contribution in [3.05, 3.63) is 30.0 Å². The molecule has 2 rings (SSSR count). The molecule has 1 amide bonds. The van der Waals surface area contributed by atoms with Crippen LogP contribution in [-0.2, 0) is 11.2 Å². The number of nitrogens with one attached hydrogen (secondary N) is 2. The van der Waals surface area contributed by atoms with Gasteiger partial charge in [-0.3, -0.25) is 4.79 Å². The van der Waals surface area contributed by atoms with Crippen LogP contribution in [0.25, 0.3) is 10.9 Å². The van der Waals surface area contributed by atoms with Crippen LogP contribution in [0.15, 0.2) is 24.4 Å². The van der Waals surface area contributed by atoms with E-state index >= 15 is 0 Å². The van der Waals surface area contributed by atoms with Crippen LogP contribution in [0.4, 0.5) is 13.2 Å². The minimum absolute atomic E-state index is 0.103. The molecule has 0 unspecified atom stereocenters. The van der Waals surface area contributed by atoms with E-state index in [1.54, 1.807) is 12.3 Å². The second-order valence-electron chi connectivity index (χ2n) is 4.05. The van der Waals surface area contributed by atoms with Gasteiger partial charge in [0.1, 0.15) is 5.75 Å². The Morgan fingerprint density at radius 2 is 2.11 bits per heavy atom. The maximum atomic E-state index is 12.0. The average Bonchev–Trinajstić information content (AvgIpc) is 2.70. The van der Waals surface area contributed by atoms with E-state index in [1.165, 1.54) is 12.1 Å². The summed E-state index contributed by atoms with van der Waals surface area (Å²) in [5.74, 6) is -1.84. The molecule has 0 aliphatic rings. The fraction of sp³-hybridized carbons (Fsp3) is 0.250. The third-order valence-corrected chi connectivity index (χ3v) is 2.69. The standard InChI is InChI=1S/C12H11F3N2O2/c13-12(14,15)11(19)16-4-3-7-6-17-10-5-8(18)1-2-9(7)10/h1-2,5-6,17-18H,3-4H2,(H,16,19). The van der Waals surface area contributed by atoms with Gasteiger partial charge in [0.05, 0.1) is 0 Å². The number of phenols is 1. The summed E-state index contributed by atoms with van der Waals surface area (Å²) in [6, 6.07) is 4.68. The largest absolute Gasteiger partial charge is 0.508 e. The minimum atomic E-state index is -4.86. The molecule has 7 heteroatoms. The van der Waals surface area contributed by atoms with Crippen LogP contribution in [0.5, 0.6) is 5.75 Å². The molecule has 0 atom stereocenters. The van der Waals surface area contributed by atoms with Gasteiger partial charge >= 0.3 is 12.1 Å². The van der Waals surface area contributed by atoms with E-state index in [1.807, 2.05) is 5.32 Å². The van der Waals surface area contributed by atoms with Crippen LogP contribution in [-0.4, -0.2) is 28.7 Å². The average molecular weight is 272 g/mol. The number of halogens is 3. The molecule has 1 aromatic carbocycles. The summed E-state index contributed by atoms with van der Waals surface area (Å²) in [7, 11) is 0. The lowest BCUT2D eigenvalue weighted by atomic mass is 10.1. The number of carbonyl (C=O) groups is 1. The second kappa shape index (κ2) is 4.83. The SMILES string of the molecule is O=C(NCCc1c[nH]c2cc(O)ccc12)C(F)(F)F. The zero-order valence-electron chi connectivity index (χ0n) is 9.71. The van der Waals surface area contributed by atoms with Crippen molar-refractivity contribution in [2.24, 2.45) is 0 Å². The van der Waals surface area contributed by atoms with Gasteiger partial charge in [-0.05, 0) is 24.1 Å². The van der Waals surface area contributed by atoms with Crippen molar-refractivity contribution in [1.82, 2.24) is 10.3 Å². The van der Waals surface area contributed by atoms with Gasteiger partial charge in [-0.1, -0.05) is 0 Å². The summed E-state index contributed by atoms with van der Waals surface area (Å²) in [5, 5.41) is 11.9.